The summed E-state index contributed by atoms with van der Waals surface area (Å²) >= 11 is 18.2. The van der Waals surface area contributed by atoms with Crippen LogP contribution in [0.25, 0.3) is 0 Å². The number of aryl methyl sites for hydroxylation is 1. The minimum atomic E-state index is 0.313. The number of hydrazine groups is 1. The van der Waals surface area contributed by atoms with Crippen LogP contribution < -0.4 is 21.3 Å². The van der Waals surface area contributed by atoms with Gasteiger partial charge in [0, 0.05) is 11.1 Å². The number of halogens is 3. The van der Waals surface area contributed by atoms with Gasteiger partial charge < -0.3 is 15.5 Å². The number of nitrogen functional groups attached to an aromatic ring is 1. The van der Waals surface area contributed by atoms with Crippen LogP contribution in [0.2, 0.25) is 15.1 Å². The van der Waals surface area contributed by atoms with Gasteiger partial charge >= 0.3 is 0 Å². The summed E-state index contributed by atoms with van der Waals surface area (Å²) in [6.45, 7) is 1.89. The van der Waals surface area contributed by atoms with E-state index in [9.17, 15) is 0 Å². The minimum absolute atomic E-state index is 0.313. The molecule has 0 fully saturated rings. The van der Waals surface area contributed by atoms with Crippen molar-refractivity contribution in [2.75, 3.05) is 17.9 Å². The summed E-state index contributed by atoms with van der Waals surface area (Å²) in [6, 6.07) is 5.09. The van der Waals surface area contributed by atoms with Crippen molar-refractivity contribution in [3.8, 4) is 5.75 Å². The molecule has 21 heavy (non-hydrogen) atoms. The van der Waals surface area contributed by atoms with Crippen LogP contribution in [-0.2, 0) is 0 Å². The van der Waals surface area contributed by atoms with Crippen LogP contribution in [0.1, 0.15) is 5.56 Å². The molecule has 0 saturated carbocycles. The Hall–Kier alpha value is -1.40. The molecule has 0 spiro atoms. The maximum atomic E-state index is 6.13. The molecule has 1 heterocycles. The lowest BCUT2D eigenvalue weighted by molar-refractivity contribution is 0.416. The molecule has 0 amide bonds. The SMILES string of the molecule is COc1cc(Cl)c(C)cc1Nc1nc(NN)c(Cl)cc1Cl. The van der Waals surface area contributed by atoms with Crippen molar-refractivity contribution in [3.05, 3.63) is 38.8 Å². The highest BCUT2D eigenvalue weighted by Crippen LogP contribution is 2.36. The largest absolute Gasteiger partial charge is 0.495 e. The first kappa shape index (κ1) is 16.0. The molecular weight excluding hydrogens is 335 g/mol. The van der Waals surface area contributed by atoms with Gasteiger partial charge in [-0.25, -0.2) is 10.8 Å². The zero-order chi connectivity index (χ0) is 15.6. The number of pyridine rings is 1. The van der Waals surface area contributed by atoms with Crippen LogP contribution in [0, 0.1) is 6.92 Å². The third kappa shape index (κ3) is 3.44. The molecule has 0 aliphatic carbocycles. The third-order valence-electron chi connectivity index (χ3n) is 2.80. The van der Waals surface area contributed by atoms with Gasteiger partial charge in [0.25, 0.3) is 0 Å². The van der Waals surface area contributed by atoms with Crippen LogP contribution in [-0.4, -0.2) is 12.1 Å². The maximum Gasteiger partial charge on any atom is 0.161 e. The summed E-state index contributed by atoms with van der Waals surface area (Å²) in [5, 5.41) is 4.37. The number of hydrogen-bond acceptors (Lipinski definition) is 5. The number of aromatic nitrogens is 1. The fourth-order valence-corrected chi connectivity index (χ4v) is 2.33. The Kier molecular flexibility index (Phi) is 5.00. The van der Waals surface area contributed by atoms with Gasteiger partial charge in [-0.15, -0.1) is 0 Å². The van der Waals surface area contributed by atoms with E-state index in [1.165, 1.54) is 0 Å². The molecule has 0 aliphatic rings. The molecule has 0 saturated heterocycles. The number of hydrogen-bond donors (Lipinski definition) is 3. The molecular formula is C13H13Cl3N4O. The van der Waals surface area contributed by atoms with E-state index < -0.39 is 0 Å². The van der Waals surface area contributed by atoms with Gasteiger partial charge in [0.2, 0.25) is 0 Å². The van der Waals surface area contributed by atoms with Gasteiger partial charge in [-0.3, -0.25) is 0 Å². The maximum absolute atomic E-state index is 6.13. The molecule has 0 aliphatic heterocycles. The average Bonchev–Trinajstić information content (AvgIpc) is 2.45. The first-order valence-corrected chi connectivity index (χ1v) is 7.03. The van der Waals surface area contributed by atoms with E-state index in [2.05, 4.69) is 15.7 Å². The number of benzene rings is 1. The van der Waals surface area contributed by atoms with Crippen molar-refractivity contribution in [1.82, 2.24) is 4.98 Å². The monoisotopic (exact) mass is 346 g/mol. The fourth-order valence-electron chi connectivity index (χ4n) is 1.71. The molecule has 1 aromatic carbocycles. The van der Waals surface area contributed by atoms with E-state index in [1.807, 2.05) is 13.0 Å². The Labute approximate surface area is 137 Å². The van der Waals surface area contributed by atoms with Gasteiger partial charge in [-0.05, 0) is 24.6 Å². The standard InChI is InChI=1S/C13H13Cl3N4O/c1-6-3-10(11(21-2)5-7(6)14)18-12-8(15)4-9(16)13(19-12)20-17/h3-5H,17H2,1-2H3,(H2,18,19,20). The summed E-state index contributed by atoms with van der Waals surface area (Å²) in [7, 11) is 1.55. The number of ether oxygens (including phenoxy) is 1. The van der Waals surface area contributed by atoms with E-state index in [4.69, 9.17) is 45.4 Å². The predicted octanol–water partition coefficient (Wildman–Crippen LogP) is 4.39. The summed E-state index contributed by atoms with van der Waals surface area (Å²) in [4.78, 5) is 4.21. The Bertz CT molecular complexity index is 679. The minimum Gasteiger partial charge on any atom is -0.495 e. The molecule has 0 unspecified atom stereocenters. The molecule has 2 rings (SSSR count). The molecule has 2 aromatic rings. The third-order valence-corrected chi connectivity index (χ3v) is 3.78. The number of nitrogens with two attached hydrogens (primary N) is 1. The number of anilines is 3. The molecule has 8 heteroatoms. The van der Waals surface area contributed by atoms with E-state index in [1.54, 1.807) is 19.2 Å². The highest BCUT2D eigenvalue weighted by molar-refractivity contribution is 6.37. The highest BCUT2D eigenvalue weighted by Gasteiger charge is 2.12. The summed E-state index contributed by atoms with van der Waals surface area (Å²) < 4.78 is 5.29. The van der Waals surface area contributed by atoms with Crippen LogP contribution in [0.5, 0.6) is 5.75 Å². The lowest BCUT2D eigenvalue weighted by Gasteiger charge is -2.14. The molecule has 112 valence electrons. The fraction of sp³-hybridized carbons (Fsp3) is 0.154. The summed E-state index contributed by atoms with van der Waals surface area (Å²) in [6.07, 6.45) is 0. The molecule has 1 aromatic heterocycles. The molecule has 4 N–H and O–H groups in total. The summed E-state index contributed by atoms with van der Waals surface area (Å²) in [5.74, 6) is 6.63. The van der Waals surface area contributed by atoms with E-state index in [0.29, 0.717) is 38.1 Å². The number of nitrogens with one attached hydrogen (secondary N) is 2. The lowest BCUT2D eigenvalue weighted by atomic mass is 10.2. The smallest absolute Gasteiger partial charge is 0.161 e. The average molecular weight is 348 g/mol. The van der Waals surface area contributed by atoms with Crippen molar-refractivity contribution >= 4 is 52.1 Å². The molecule has 0 atom stereocenters. The predicted molar refractivity (Wildman–Crippen MR) is 88.1 cm³/mol. The number of nitrogens with zero attached hydrogens (tertiary/aromatic N) is 1. The van der Waals surface area contributed by atoms with E-state index >= 15 is 0 Å². The number of methoxy groups -OCH3 is 1. The normalized spacial score (nSPS) is 10.4. The van der Waals surface area contributed by atoms with Crippen LogP contribution >= 0.6 is 34.8 Å². The van der Waals surface area contributed by atoms with Crippen LogP contribution in [0.4, 0.5) is 17.3 Å². The van der Waals surface area contributed by atoms with Crippen molar-refractivity contribution in [3.63, 3.8) is 0 Å². The Balaban J connectivity index is 2.45. The van der Waals surface area contributed by atoms with Crippen molar-refractivity contribution in [2.24, 2.45) is 5.84 Å². The lowest BCUT2D eigenvalue weighted by Crippen LogP contribution is -2.10. The van der Waals surface area contributed by atoms with Crippen LogP contribution in [0.15, 0.2) is 18.2 Å². The van der Waals surface area contributed by atoms with Gasteiger partial charge in [0.1, 0.15) is 5.75 Å². The second kappa shape index (κ2) is 6.58. The molecule has 0 radical (unpaired) electrons. The second-order valence-electron chi connectivity index (χ2n) is 4.22. The Morgan fingerprint density at radius 3 is 2.33 bits per heavy atom. The van der Waals surface area contributed by atoms with Crippen molar-refractivity contribution in [2.45, 2.75) is 6.92 Å². The molecule has 5 nitrogen and oxygen atoms in total. The first-order valence-electron chi connectivity index (χ1n) is 5.90. The van der Waals surface area contributed by atoms with E-state index in [-0.39, 0.29) is 0 Å². The Morgan fingerprint density at radius 1 is 1.05 bits per heavy atom. The topological polar surface area (TPSA) is 72.2 Å². The highest BCUT2D eigenvalue weighted by atomic mass is 35.5. The van der Waals surface area contributed by atoms with Crippen molar-refractivity contribution in [1.29, 1.82) is 0 Å². The number of rotatable bonds is 4. The van der Waals surface area contributed by atoms with Gasteiger partial charge in [0.15, 0.2) is 11.6 Å². The van der Waals surface area contributed by atoms with Crippen LogP contribution in [0.3, 0.4) is 0 Å². The Morgan fingerprint density at radius 2 is 1.71 bits per heavy atom. The summed E-state index contributed by atoms with van der Waals surface area (Å²) in [5.41, 5.74) is 3.97. The van der Waals surface area contributed by atoms with Crippen molar-refractivity contribution < 1.29 is 4.74 Å². The van der Waals surface area contributed by atoms with E-state index in [0.717, 1.165) is 5.56 Å². The quantitative estimate of drug-likeness (QED) is 0.565. The first-order chi connectivity index (χ1) is 9.96. The van der Waals surface area contributed by atoms with Gasteiger partial charge in [-0.1, -0.05) is 34.8 Å². The van der Waals surface area contributed by atoms with Gasteiger partial charge in [-0.2, -0.15) is 0 Å². The van der Waals surface area contributed by atoms with Gasteiger partial charge in [0.05, 0.1) is 22.8 Å². The zero-order valence-electron chi connectivity index (χ0n) is 11.3. The second-order valence-corrected chi connectivity index (χ2v) is 5.44. The molecule has 0 bridgehead atoms. The zero-order valence-corrected chi connectivity index (χ0v) is 13.6.